The molecule has 0 atom stereocenters. The van der Waals surface area contributed by atoms with Crippen LogP contribution in [0.5, 0.6) is 0 Å². The van der Waals surface area contributed by atoms with Crippen LogP contribution in [0.25, 0.3) is 5.69 Å². The average molecular weight is 315 g/mol. The predicted octanol–water partition coefficient (Wildman–Crippen LogP) is 2.46. The van der Waals surface area contributed by atoms with Gasteiger partial charge in [0, 0.05) is 24.8 Å². The molecule has 122 valence electrons. The van der Waals surface area contributed by atoms with Gasteiger partial charge >= 0.3 is 0 Å². The summed E-state index contributed by atoms with van der Waals surface area (Å²) in [5.74, 6) is -0.222. The van der Waals surface area contributed by atoms with Gasteiger partial charge in [-0.2, -0.15) is 5.10 Å². The maximum Gasteiger partial charge on any atom is 0.123 e. The number of nitrogens with zero attached hydrogens (tertiary/aromatic N) is 3. The van der Waals surface area contributed by atoms with Crippen molar-refractivity contribution in [2.75, 3.05) is 13.2 Å². The molecule has 2 aliphatic carbocycles. The molecule has 0 radical (unpaired) electrons. The van der Waals surface area contributed by atoms with Crippen LogP contribution in [0.15, 0.2) is 24.3 Å². The van der Waals surface area contributed by atoms with Gasteiger partial charge in [-0.25, -0.2) is 9.07 Å². The molecule has 0 saturated heterocycles. The third kappa shape index (κ3) is 2.91. The molecule has 1 fully saturated rings. The molecule has 1 heterocycles. The largest absolute Gasteiger partial charge is 0.395 e. The summed E-state index contributed by atoms with van der Waals surface area (Å²) in [5, 5.41) is 14.1. The van der Waals surface area contributed by atoms with E-state index in [1.807, 2.05) is 4.68 Å². The number of hydrogen-bond acceptors (Lipinski definition) is 3. The van der Waals surface area contributed by atoms with Gasteiger partial charge in [0.1, 0.15) is 5.82 Å². The summed E-state index contributed by atoms with van der Waals surface area (Å²) in [5.41, 5.74) is 4.68. The van der Waals surface area contributed by atoms with Crippen LogP contribution in [0.2, 0.25) is 0 Å². The molecule has 1 aromatic heterocycles. The topological polar surface area (TPSA) is 41.3 Å². The summed E-state index contributed by atoms with van der Waals surface area (Å²) in [4.78, 5) is 2.34. The Morgan fingerprint density at radius 3 is 2.70 bits per heavy atom. The molecular weight excluding hydrogens is 293 g/mol. The summed E-state index contributed by atoms with van der Waals surface area (Å²) in [6, 6.07) is 7.16. The van der Waals surface area contributed by atoms with Gasteiger partial charge in [0.15, 0.2) is 0 Å². The first-order chi connectivity index (χ1) is 11.3. The van der Waals surface area contributed by atoms with E-state index in [-0.39, 0.29) is 12.4 Å². The summed E-state index contributed by atoms with van der Waals surface area (Å²) >= 11 is 0. The molecule has 2 aromatic rings. The van der Waals surface area contributed by atoms with Crippen molar-refractivity contribution in [3.63, 3.8) is 0 Å². The predicted molar refractivity (Wildman–Crippen MR) is 86.1 cm³/mol. The van der Waals surface area contributed by atoms with E-state index in [1.165, 1.54) is 36.2 Å². The second kappa shape index (κ2) is 6.06. The van der Waals surface area contributed by atoms with Gasteiger partial charge in [0.25, 0.3) is 0 Å². The molecule has 1 saturated carbocycles. The molecule has 1 N–H and O–H groups in total. The highest BCUT2D eigenvalue weighted by Gasteiger charge is 2.31. The molecular formula is C18H22FN3O. The van der Waals surface area contributed by atoms with E-state index in [2.05, 4.69) is 4.90 Å². The molecule has 0 bridgehead atoms. The molecule has 4 rings (SSSR count). The number of benzene rings is 1. The highest BCUT2D eigenvalue weighted by Crippen LogP contribution is 2.32. The third-order valence-corrected chi connectivity index (χ3v) is 4.89. The summed E-state index contributed by atoms with van der Waals surface area (Å²) in [6.45, 7) is 1.71. The van der Waals surface area contributed by atoms with Crippen molar-refractivity contribution in [1.29, 1.82) is 0 Å². The molecule has 0 aliphatic heterocycles. The van der Waals surface area contributed by atoms with Crippen molar-refractivity contribution in [3.8, 4) is 5.69 Å². The Morgan fingerprint density at radius 2 is 2.00 bits per heavy atom. The lowest BCUT2D eigenvalue weighted by atomic mass is 10.2. The summed E-state index contributed by atoms with van der Waals surface area (Å²) in [7, 11) is 0. The van der Waals surface area contributed by atoms with Crippen molar-refractivity contribution in [3.05, 3.63) is 47.0 Å². The highest BCUT2D eigenvalue weighted by molar-refractivity contribution is 5.40. The van der Waals surface area contributed by atoms with Crippen LogP contribution in [0.3, 0.4) is 0 Å². The first-order valence-electron chi connectivity index (χ1n) is 8.47. The number of hydrogen-bond donors (Lipinski definition) is 1. The van der Waals surface area contributed by atoms with E-state index in [4.69, 9.17) is 5.10 Å². The van der Waals surface area contributed by atoms with Crippen LogP contribution in [-0.2, 0) is 19.4 Å². The fraction of sp³-hybridized carbons (Fsp3) is 0.500. The summed E-state index contributed by atoms with van der Waals surface area (Å²) in [6.07, 6.45) is 5.71. The second-order valence-electron chi connectivity index (χ2n) is 6.54. The maximum atomic E-state index is 13.2. The number of fused-ring (bicyclic) bond motifs is 1. The monoisotopic (exact) mass is 315 g/mol. The fourth-order valence-electron chi connectivity index (χ4n) is 3.59. The van der Waals surface area contributed by atoms with Crippen molar-refractivity contribution in [2.45, 2.75) is 44.7 Å². The molecule has 1 aromatic carbocycles. The highest BCUT2D eigenvalue weighted by atomic mass is 19.1. The normalized spacial score (nSPS) is 17.0. The van der Waals surface area contributed by atoms with Gasteiger partial charge < -0.3 is 5.11 Å². The first kappa shape index (κ1) is 14.8. The Hall–Kier alpha value is -1.72. The standard InChI is InChI=1S/C18H22FN3O/c19-13-4-6-15(7-5-13)22-18-3-1-2-16(18)17(20-22)12-21(10-11-23)14-8-9-14/h4-7,14,23H,1-3,8-12H2. The molecule has 0 unspecified atom stereocenters. The molecule has 5 heteroatoms. The maximum absolute atomic E-state index is 13.2. The van der Waals surface area contributed by atoms with Crippen molar-refractivity contribution >= 4 is 0 Å². The fourth-order valence-corrected chi connectivity index (χ4v) is 3.59. The van der Waals surface area contributed by atoms with E-state index in [0.29, 0.717) is 12.6 Å². The molecule has 0 spiro atoms. The summed E-state index contributed by atoms with van der Waals surface area (Å²) < 4.78 is 15.2. The average Bonchev–Trinajstić information content (AvgIpc) is 3.18. The Bertz CT molecular complexity index is 691. The van der Waals surface area contributed by atoms with E-state index >= 15 is 0 Å². The zero-order chi connectivity index (χ0) is 15.8. The number of halogens is 1. The van der Waals surface area contributed by atoms with Gasteiger partial charge in [0.2, 0.25) is 0 Å². The van der Waals surface area contributed by atoms with Gasteiger partial charge in [-0.1, -0.05) is 0 Å². The number of aliphatic hydroxyl groups excluding tert-OH is 1. The number of rotatable bonds is 6. The second-order valence-corrected chi connectivity index (χ2v) is 6.54. The van der Waals surface area contributed by atoms with Crippen LogP contribution < -0.4 is 0 Å². The number of aromatic nitrogens is 2. The zero-order valence-electron chi connectivity index (χ0n) is 13.2. The SMILES string of the molecule is OCCN(Cc1nn(-c2ccc(F)cc2)c2c1CCC2)C1CC1. The van der Waals surface area contributed by atoms with Crippen LogP contribution >= 0.6 is 0 Å². The lowest BCUT2D eigenvalue weighted by Gasteiger charge is -2.20. The van der Waals surface area contributed by atoms with Gasteiger partial charge in [-0.3, -0.25) is 4.90 Å². The number of aliphatic hydroxyl groups is 1. The zero-order valence-corrected chi connectivity index (χ0v) is 13.2. The van der Waals surface area contributed by atoms with Crippen LogP contribution in [-0.4, -0.2) is 39.0 Å². The van der Waals surface area contributed by atoms with Crippen LogP contribution in [0.1, 0.15) is 36.2 Å². The van der Waals surface area contributed by atoms with E-state index in [9.17, 15) is 9.50 Å². The quantitative estimate of drug-likeness (QED) is 0.890. The van der Waals surface area contributed by atoms with E-state index in [1.54, 1.807) is 12.1 Å². The van der Waals surface area contributed by atoms with Crippen molar-refractivity contribution in [2.24, 2.45) is 0 Å². The minimum atomic E-state index is -0.222. The molecule has 4 nitrogen and oxygen atoms in total. The Labute approximate surface area is 135 Å². The van der Waals surface area contributed by atoms with E-state index < -0.39 is 0 Å². The lowest BCUT2D eigenvalue weighted by Crippen LogP contribution is -2.29. The van der Waals surface area contributed by atoms with E-state index in [0.717, 1.165) is 37.2 Å². The minimum Gasteiger partial charge on any atom is -0.395 e. The van der Waals surface area contributed by atoms with Gasteiger partial charge in [-0.05, 0) is 61.9 Å². The van der Waals surface area contributed by atoms with Crippen molar-refractivity contribution in [1.82, 2.24) is 14.7 Å². The van der Waals surface area contributed by atoms with Crippen LogP contribution in [0, 0.1) is 5.82 Å². The van der Waals surface area contributed by atoms with Gasteiger partial charge in [0.05, 0.1) is 18.0 Å². The lowest BCUT2D eigenvalue weighted by molar-refractivity contribution is 0.181. The first-order valence-corrected chi connectivity index (χ1v) is 8.47. The third-order valence-electron chi connectivity index (χ3n) is 4.89. The molecule has 2 aliphatic rings. The Balaban J connectivity index is 1.65. The Morgan fingerprint density at radius 1 is 1.22 bits per heavy atom. The smallest absolute Gasteiger partial charge is 0.123 e. The minimum absolute atomic E-state index is 0.192. The van der Waals surface area contributed by atoms with Crippen LogP contribution in [0.4, 0.5) is 4.39 Å². The van der Waals surface area contributed by atoms with Crippen molar-refractivity contribution < 1.29 is 9.50 Å². The Kier molecular flexibility index (Phi) is 3.91. The molecule has 23 heavy (non-hydrogen) atoms. The molecule has 0 amide bonds. The van der Waals surface area contributed by atoms with Gasteiger partial charge in [-0.15, -0.1) is 0 Å².